The monoisotopic (exact) mass is 709 g/mol. The van der Waals surface area contributed by atoms with Crippen LogP contribution in [0.5, 0.6) is 11.6 Å². The highest BCUT2D eigenvalue weighted by atomic mass is 32.2. The lowest BCUT2D eigenvalue weighted by molar-refractivity contribution is 0.261. The van der Waals surface area contributed by atoms with Gasteiger partial charge in [0.1, 0.15) is 22.9 Å². The average Bonchev–Trinajstić information content (AvgIpc) is 3.19. The number of rotatable bonds is 8. The van der Waals surface area contributed by atoms with Crippen molar-refractivity contribution in [2.45, 2.75) is 23.9 Å². The molecule has 52 heavy (non-hydrogen) atoms. The van der Waals surface area contributed by atoms with Crippen LogP contribution in [0.1, 0.15) is 33.4 Å². The molecule has 0 saturated heterocycles. The van der Waals surface area contributed by atoms with Gasteiger partial charge in [-0.25, -0.2) is 13.8 Å². The predicted molar refractivity (Wildman–Crippen MR) is 204 cm³/mol. The molecule has 1 aliphatic heterocycles. The first-order chi connectivity index (χ1) is 25.5. The van der Waals surface area contributed by atoms with Crippen molar-refractivity contribution in [2.75, 3.05) is 20.0 Å². The van der Waals surface area contributed by atoms with Gasteiger partial charge in [0.25, 0.3) is 0 Å². The van der Waals surface area contributed by atoms with Gasteiger partial charge in [0, 0.05) is 52.6 Å². The van der Waals surface area contributed by atoms with Gasteiger partial charge in [-0.15, -0.1) is 0 Å². The number of aliphatic imine (C=N–C) groups is 1. The van der Waals surface area contributed by atoms with Gasteiger partial charge in [0.05, 0.1) is 19.8 Å². The van der Waals surface area contributed by atoms with E-state index >= 15 is 4.39 Å². The van der Waals surface area contributed by atoms with Crippen molar-refractivity contribution in [2.24, 2.45) is 10.9 Å². The molecule has 0 radical (unpaired) electrons. The number of methoxy groups -OCH3 is 2. The van der Waals surface area contributed by atoms with Crippen LogP contribution in [0.25, 0.3) is 11.1 Å². The molecule has 0 spiro atoms. The Morgan fingerprint density at radius 2 is 1.35 bits per heavy atom. The largest absolute Gasteiger partial charge is 0.496 e. The van der Waals surface area contributed by atoms with Crippen LogP contribution in [0, 0.1) is 17.6 Å². The van der Waals surface area contributed by atoms with Gasteiger partial charge in [-0.3, -0.25) is 4.99 Å². The van der Waals surface area contributed by atoms with E-state index in [2.05, 4.69) is 41.7 Å². The number of benzene rings is 5. The van der Waals surface area contributed by atoms with Gasteiger partial charge >= 0.3 is 0 Å². The van der Waals surface area contributed by atoms with Crippen LogP contribution < -0.4 is 14.8 Å². The Kier molecular flexibility index (Phi) is 9.01. The molecular formula is C44H37F2N3O2S. The fraction of sp³-hybridized carbons (Fsp3) is 0.182. The molecule has 0 unspecified atom stereocenters. The summed E-state index contributed by atoms with van der Waals surface area (Å²) in [6.45, 7) is 0. The molecule has 1 N–H and O–H groups in total. The van der Waals surface area contributed by atoms with Crippen molar-refractivity contribution in [1.29, 1.82) is 0 Å². The van der Waals surface area contributed by atoms with E-state index in [0.29, 0.717) is 35.2 Å². The van der Waals surface area contributed by atoms with E-state index in [1.807, 2.05) is 85.1 Å². The van der Waals surface area contributed by atoms with Crippen LogP contribution in [0.15, 0.2) is 145 Å². The summed E-state index contributed by atoms with van der Waals surface area (Å²) in [4.78, 5) is 10.3. The Labute approximate surface area is 306 Å². The maximum atomic E-state index is 16.3. The van der Waals surface area contributed by atoms with Gasteiger partial charge in [0.2, 0.25) is 5.88 Å². The van der Waals surface area contributed by atoms with Gasteiger partial charge in [-0.05, 0) is 40.8 Å². The van der Waals surface area contributed by atoms with E-state index in [4.69, 9.17) is 19.5 Å². The molecule has 1 aromatic heterocycles. The zero-order chi connectivity index (χ0) is 35.7. The summed E-state index contributed by atoms with van der Waals surface area (Å²) in [6, 6.07) is 42.7. The third-order valence-electron chi connectivity index (χ3n) is 10.5. The number of halogens is 2. The predicted octanol–water partition coefficient (Wildman–Crippen LogP) is 9.34. The van der Waals surface area contributed by atoms with E-state index in [-0.39, 0.29) is 5.92 Å². The van der Waals surface area contributed by atoms with Crippen LogP contribution in [0.2, 0.25) is 0 Å². The van der Waals surface area contributed by atoms with Gasteiger partial charge in [-0.2, -0.15) is 0 Å². The van der Waals surface area contributed by atoms with Crippen LogP contribution >= 0.6 is 11.8 Å². The number of pyridine rings is 1. The lowest BCUT2D eigenvalue weighted by Crippen LogP contribution is -2.52. The maximum Gasteiger partial charge on any atom is 0.216 e. The number of hydrogen-bond donors (Lipinski definition) is 1. The first kappa shape index (κ1) is 33.7. The SMILES string of the molecule is COc1ccccc1-c1cnc(OC)c2c1C[C@H]1CSC(NC(c3ccccc3)(c3ccccc3)c3ccccc3)=N[C@@]1(c1ccc(F)cc1F)C2. The molecule has 260 valence electrons. The fourth-order valence-electron chi connectivity index (χ4n) is 8.03. The number of fused-ring (bicyclic) bond motifs is 2. The van der Waals surface area contributed by atoms with Crippen LogP contribution in [0.3, 0.4) is 0 Å². The second kappa shape index (κ2) is 13.9. The molecular weight excluding hydrogens is 673 g/mol. The Balaban J connectivity index is 1.35. The number of thioether (sulfide) groups is 1. The first-order valence-corrected chi connectivity index (χ1v) is 18.3. The normalized spacial score (nSPS) is 18.1. The second-order valence-electron chi connectivity index (χ2n) is 13.2. The Bertz CT molecular complexity index is 2160. The van der Waals surface area contributed by atoms with Gasteiger partial charge in [0.15, 0.2) is 5.17 Å². The van der Waals surface area contributed by atoms with Crippen molar-refractivity contribution in [1.82, 2.24) is 10.3 Å². The molecule has 8 rings (SSSR count). The zero-order valence-electron chi connectivity index (χ0n) is 28.9. The number of hydrogen-bond acceptors (Lipinski definition) is 6. The summed E-state index contributed by atoms with van der Waals surface area (Å²) in [6.07, 6.45) is 2.71. The smallest absolute Gasteiger partial charge is 0.216 e. The number of nitrogens with zero attached hydrogens (tertiary/aromatic N) is 2. The molecule has 0 amide bonds. The molecule has 8 heteroatoms. The minimum absolute atomic E-state index is 0.143. The molecule has 0 saturated carbocycles. The third kappa shape index (κ3) is 5.71. The molecule has 5 nitrogen and oxygen atoms in total. The highest BCUT2D eigenvalue weighted by Crippen LogP contribution is 2.53. The van der Waals surface area contributed by atoms with Crippen molar-refractivity contribution in [3.63, 3.8) is 0 Å². The van der Waals surface area contributed by atoms with E-state index in [1.54, 1.807) is 32.0 Å². The molecule has 1 aliphatic carbocycles. The molecule has 2 heterocycles. The Morgan fingerprint density at radius 1 is 0.731 bits per heavy atom. The highest BCUT2D eigenvalue weighted by Gasteiger charge is 2.51. The van der Waals surface area contributed by atoms with E-state index in [1.165, 1.54) is 6.07 Å². The second-order valence-corrected chi connectivity index (χ2v) is 14.2. The van der Waals surface area contributed by atoms with Crippen LogP contribution in [0.4, 0.5) is 8.78 Å². The summed E-state index contributed by atoms with van der Waals surface area (Å²) in [7, 11) is 3.26. The minimum atomic E-state index is -1.09. The summed E-state index contributed by atoms with van der Waals surface area (Å²) in [5, 5.41) is 4.59. The summed E-state index contributed by atoms with van der Waals surface area (Å²) >= 11 is 1.63. The van der Waals surface area contributed by atoms with Crippen LogP contribution in [-0.4, -0.2) is 30.1 Å². The third-order valence-corrected chi connectivity index (χ3v) is 11.5. The Morgan fingerprint density at radius 3 is 1.94 bits per heavy atom. The quantitative estimate of drug-likeness (QED) is 0.160. The lowest BCUT2D eigenvalue weighted by atomic mass is 9.66. The topological polar surface area (TPSA) is 55.7 Å². The number of para-hydroxylation sites is 1. The molecule has 2 aliphatic rings. The van der Waals surface area contributed by atoms with Crippen molar-refractivity contribution in [3.8, 4) is 22.8 Å². The number of aromatic nitrogens is 1. The van der Waals surface area contributed by atoms with Crippen molar-refractivity contribution in [3.05, 3.63) is 185 Å². The van der Waals surface area contributed by atoms with E-state index in [0.717, 1.165) is 50.8 Å². The summed E-state index contributed by atoms with van der Waals surface area (Å²) in [5.74, 6) is 0.426. The fourth-order valence-corrected chi connectivity index (χ4v) is 9.24. The highest BCUT2D eigenvalue weighted by molar-refractivity contribution is 8.13. The lowest BCUT2D eigenvalue weighted by Gasteiger charge is -2.47. The summed E-state index contributed by atoms with van der Waals surface area (Å²) < 4.78 is 42.4. The number of ether oxygens (including phenoxy) is 2. The van der Waals surface area contributed by atoms with E-state index in [9.17, 15) is 4.39 Å². The zero-order valence-corrected chi connectivity index (χ0v) is 29.7. The molecule has 5 aromatic carbocycles. The van der Waals surface area contributed by atoms with E-state index < -0.39 is 22.7 Å². The van der Waals surface area contributed by atoms with Gasteiger partial charge in [-0.1, -0.05) is 127 Å². The number of nitrogens with one attached hydrogen (secondary N) is 1. The molecule has 2 atom stereocenters. The Hall–Kier alpha value is -5.47. The molecule has 0 bridgehead atoms. The molecule has 6 aromatic rings. The minimum Gasteiger partial charge on any atom is -0.496 e. The number of amidine groups is 1. The van der Waals surface area contributed by atoms with Crippen LogP contribution in [-0.2, 0) is 23.9 Å². The van der Waals surface area contributed by atoms with Gasteiger partial charge < -0.3 is 14.8 Å². The van der Waals surface area contributed by atoms with Crippen molar-refractivity contribution < 1.29 is 18.3 Å². The average molecular weight is 710 g/mol. The first-order valence-electron chi connectivity index (χ1n) is 17.3. The van der Waals surface area contributed by atoms with Crippen molar-refractivity contribution >= 4 is 16.9 Å². The standard InChI is InChI=1S/C44H37F2N3O2S/c1-50-40-21-13-12-20-34(40)37-27-47-41(51-2)36-26-43(38-23-22-33(45)25-39(38)46)32(24-35(36)37)28-52-42(48-43)49-44(29-14-6-3-7-15-29,30-16-8-4-9-17-30)31-18-10-5-11-19-31/h3-23,25,27,32H,24,26,28H2,1-2H3,(H,48,49)/t32-,43-/m0/s1. The maximum absolute atomic E-state index is 16.3. The molecule has 0 fully saturated rings. The summed E-state index contributed by atoms with van der Waals surface area (Å²) in [5.41, 5.74) is 5.28.